The maximum Gasteiger partial charge on any atom is 0.493 e. The minimum Gasteiger partial charge on any atom is -0.337 e. The third-order valence-corrected chi connectivity index (χ3v) is 5.65. The lowest BCUT2D eigenvalue weighted by molar-refractivity contribution is -0.201. The summed E-state index contributed by atoms with van der Waals surface area (Å²) in [5.74, 6) is -4.47. The first kappa shape index (κ1) is 28.2. The number of benzene rings is 2. The van der Waals surface area contributed by atoms with Gasteiger partial charge in [0.05, 0.1) is 23.3 Å². The maximum absolute atomic E-state index is 14.9. The molecule has 0 aliphatic heterocycles. The van der Waals surface area contributed by atoms with Gasteiger partial charge >= 0.3 is 12.1 Å². The Morgan fingerprint density at radius 2 is 1.85 bits per heavy atom. The summed E-state index contributed by atoms with van der Waals surface area (Å²) < 4.78 is 55.7. The van der Waals surface area contributed by atoms with Crippen LogP contribution in [-0.4, -0.2) is 37.8 Å². The summed E-state index contributed by atoms with van der Waals surface area (Å²) >= 11 is 3.36. The normalized spacial score (nSPS) is 11.1. The van der Waals surface area contributed by atoms with Gasteiger partial charge < -0.3 is 15.5 Å². The SMILES string of the molecule is C=CC(=O)N(OC(=O)C(F)(F)F)c1ccc(F)c(Nc2nc(Nc3cnn(C)c3)ncc2-c2ccc(Br)cc2)c1. The minimum atomic E-state index is -5.39. The van der Waals surface area contributed by atoms with Crippen LogP contribution < -0.4 is 15.7 Å². The number of nitrogens with one attached hydrogen (secondary N) is 2. The minimum absolute atomic E-state index is 0.0540. The van der Waals surface area contributed by atoms with E-state index in [1.807, 2.05) is 0 Å². The Labute approximate surface area is 232 Å². The van der Waals surface area contributed by atoms with Crippen LogP contribution in [-0.2, 0) is 21.5 Å². The molecule has 0 radical (unpaired) electrons. The highest BCUT2D eigenvalue weighted by Crippen LogP contribution is 2.33. The molecule has 2 N–H and O–H groups in total. The van der Waals surface area contributed by atoms with Crippen molar-refractivity contribution in [3.05, 3.63) is 84.0 Å². The lowest BCUT2D eigenvalue weighted by atomic mass is 10.1. The molecule has 0 fully saturated rings. The zero-order valence-corrected chi connectivity index (χ0v) is 22.0. The van der Waals surface area contributed by atoms with Crippen molar-refractivity contribution in [2.75, 3.05) is 15.7 Å². The third-order valence-electron chi connectivity index (χ3n) is 5.12. The first-order valence-corrected chi connectivity index (χ1v) is 11.9. The van der Waals surface area contributed by atoms with Crippen LogP contribution in [0.2, 0.25) is 0 Å². The van der Waals surface area contributed by atoms with E-state index in [2.05, 4.69) is 53.0 Å². The molecule has 4 rings (SSSR count). The van der Waals surface area contributed by atoms with Gasteiger partial charge in [0.2, 0.25) is 5.95 Å². The Morgan fingerprint density at radius 3 is 2.48 bits per heavy atom. The number of hydrogen-bond donors (Lipinski definition) is 2. The molecule has 4 aromatic rings. The van der Waals surface area contributed by atoms with Crippen molar-refractivity contribution in [3.8, 4) is 11.1 Å². The lowest BCUT2D eigenvalue weighted by Crippen LogP contribution is -2.38. The van der Waals surface area contributed by atoms with Gasteiger partial charge in [0, 0.05) is 29.5 Å². The van der Waals surface area contributed by atoms with Crippen LogP contribution in [0, 0.1) is 5.82 Å². The number of alkyl halides is 3. The number of aromatic nitrogens is 4. The fraction of sp³-hybridized carbons (Fsp3) is 0.0800. The Bertz CT molecular complexity index is 1580. The first-order valence-electron chi connectivity index (χ1n) is 11.2. The molecule has 0 unspecified atom stereocenters. The van der Waals surface area contributed by atoms with Crippen LogP contribution >= 0.6 is 15.9 Å². The standard InChI is InChI=1S/C25H18BrF4N7O3/c1-3-21(38)37(40-23(39)25(28,29)30)17-8-9-19(27)20(10-17)34-22-18(14-4-6-15(26)7-5-14)12-31-24(35-22)33-16-11-32-36(2)13-16/h3-13H,1H2,2H3,(H2,31,33,34,35). The van der Waals surface area contributed by atoms with E-state index in [4.69, 9.17) is 0 Å². The summed E-state index contributed by atoms with van der Waals surface area (Å²) in [5, 5.41) is 9.87. The summed E-state index contributed by atoms with van der Waals surface area (Å²) in [6.45, 7) is 3.19. The van der Waals surface area contributed by atoms with Crippen molar-refractivity contribution in [2.24, 2.45) is 7.05 Å². The van der Waals surface area contributed by atoms with Crippen molar-refractivity contribution >= 4 is 56.6 Å². The van der Waals surface area contributed by atoms with Crippen molar-refractivity contribution in [1.29, 1.82) is 0 Å². The van der Waals surface area contributed by atoms with Crippen molar-refractivity contribution in [2.45, 2.75) is 6.18 Å². The Kier molecular flexibility index (Phi) is 8.13. The summed E-state index contributed by atoms with van der Waals surface area (Å²) in [6, 6.07) is 9.87. The van der Waals surface area contributed by atoms with Gasteiger partial charge in [-0.2, -0.15) is 23.3 Å². The highest BCUT2D eigenvalue weighted by Gasteiger charge is 2.43. The summed E-state index contributed by atoms with van der Waals surface area (Å²) in [5.41, 5.74) is 0.976. The summed E-state index contributed by atoms with van der Waals surface area (Å²) in [4.78, 5) is 36.6. The fourth-order valence-electron chi connectivity index (χ4n) is 3.30. The maximum atomic E-state index is 14.9. The summed E-state index contributed by atoms with van der Waals surface area (Å²) in [6.07, 6.45) is -0.0609. The predicted molar refractivity (Wildman–Crippen MR) is 141 cm³/mol. The van der Waals surface area contributed by atoms with E-state index in [0.717, 1.165) is 22.7 Å². The number of rotatable bonds is 7. The van der Waals surface area contributed by atoms with Gasteiger partial charge in [-0.15, -0.1) is 5.06 Å². The molecule has 206 valence electrons. The monoisotopic (exact) mass is 619 g/mol. The quantitative estimate of drug-likeness (QED) is 0.151. The van der Waals surface area contributed by atoms with Gasteiger partial charge in [-0.25, -0.2) is 14.2 Å². The van der Waals surface area contributed by atoms with E-state index in [-0.39, 0.29) is 28.2 Å². The van der Waals surface area contributed by atoms with E-state index >= 15 is 0 Å². The Morgan fingerprint density at radius 1 is 1.12 bits per heavy atom. The predicted octanol–water partition coefficient (Wildman–Crippen LogP) is 5.81. The Hall–Kier alpha value is -4.79. The van der Waals surface area contributed by atoms with Gasteiger partial charge in [-0.1, -0.05) is 34.6 Å². The van der Waals surface area contributed by atoms with Crippen LogP contribution in [0.4, 0.5) is 46.4 Å². The number of hydrogen-bond acceptors (Lipinski definition) is 8. The third kappa shape index (κ3) is 6.61. The molecule has 1 amide bonds. The number of carbonyl (C=O) groups excluding carboxylic acids is 2. The highest BCUT2D eigenvalue weighted by atomic mass is 79.9. The van der Waals surface area contributed by atoms with Gasteiger partial charge in [0.1, 0.15) is 11.6 Å². The molecule has 10 nitrogen and oxygen atoms in total. The second-order valence-corrected chi connectivity index (χ2v) is 8.91. The first-order chi connectivity index (χ1) is 18.9. The molecule has 0 bridgehead atoms. The molecule has 2 heterocycles. The number of nitrogens with zero attached hydrogens (tertiary/aromatic N) is 5. The van der Waals surface area contributed by atoms with E-state index in [9.17, 15) is 27.2 Å². The summed E-state index contributed by atoms with van der Waals surface area (Å²) in [7, 11) is 1.72. The van der Waals surface area contributed by atoms with E-state index < -0.39 is 23.9 Å². The number of hydroxylamine groups is 1. The van der Waals surface area contributed by atoms with Crippen molar-refractivity contribution in [1.82, 2.24) is 19.7 Å². The van der Waals surface area contributed by atoms with Gasteiger partial charge in [-0.3, -0.25) is 9.48 Å². The molecule has 2 aromatic heterocycles. The number of carbonyl (C=O) groups is 2. The molecular formula is C25H18BrF4N7O3. The van der Waals surface area contributed by atoms with Crippen molar-refractivity contribution < 1.29 is 32.0 Å². The van der Waals surface area contributed by atoms with Gasteiger partial charge in [0.25, 0.3) is 5.91 Å². The smallest absolute Gasteiger partial charge is 0.337 e. The number of aryl methyl sites for hydroxylation is 1. The van der Waals surface area contributed by atoms with Crippen molar-refractivity contribution in [3.63, 3.8) is 0 Å². The molecule has 2 aromatic carbocycles. The second kappa shape index (κ2) is 11.5. The topological polar surface area (TPSA) is 114 Å². The fourth-order valence-corrected chi connectivity index (χ4v) is 3.56. The second-order valence-electron chi connectivity index (χ2n) is 7.99. The molecule has 0 saturated carbocycles. The zero-order chi connectivity index (χ0) is 29.0. The molecule has 0 atom stereocenters. The molecule has 40 heavy (non-hydrogen) atoms. The highest BCUT2D eigenvalue weighted by molar-refractivity contribution is 9.10. The van der Waals surface area contributed by atoms with Crippen LogP contribution in [0.25, 0.3) is 11.1 Å². The molecular weight excluding hydrogens is 602 g/mol. The molecule has 15 heteroatoms. The number of amides is 1. The van der Waals surface area contributed by atoms with Gasteiger partial charge in [0.15, 0.2) is 0 Å². The molecule has 0 aliphatic rings. The van der Waals surface area contributed by atoms with E-state index in [1.54, 1.807) is 42.2 Å². The van der Waals surface area contributed by atoms with Crippen LogP contribution in [0.1, 0.15) is 0 Å². The Balaban J connectivity index is 1.75. The largest absolute Gasteiger partial charge is 0.493 e. The average molecular weight is 620 g/mol. The average Bonchev–Trinajstić information content (AvgIpc) is 3.32. The van der Waals surface area contributed by atoms with E-state index in [1.165, 1.54) is 12.4 Å². The van der Waals surface area contributed by atoms with Crippen LogP contribution in [0.15, 0.2) is 78.2 Å². The zero-order valence-electron chi connectivity index (χ0n) is 20.4. The molecule has 0 aliphatic carbocycles. The van der Waals surface area contributed by atoms with Crippen LogP contribution in [0.3, 0.4) is 0 Å². The number of halogens is 5. The van der Waals surface area contributed by atoms with E-state index in [0.29, 0.717) is 22.9 Å². The van der Waals surface area contributed by atoms with Crippen LogP contribution in [0.5, 0.6) is 0 Å². The molecule has 0 saturated heterocycles. The molecule has 0 spiro atoms. The lowest BCUT2D eigenvalue weighted by Gasteiger charge is -2.21. The number of anilines is 5. The van der Waals surface area contributed by atoms with Gasteiger partial charge in [-0.05, 0) is 42.0 Å².